The van der Waals surface area contributed by atoms with Gasteiger partial charge in [0.1, 0.15) is 0 Å². The smallest absolute Gasteiger partial charge is 0.308 e. The molecule has 2 amide bonds. The van der Waals surface area contributed by atoms with E-state index < -0.39 is 11.9 Å². The summed E-state index contributed by atoms with van der Waals surface area (Å²) in [6.45, 7) is 10.9. The Labute approximate surface area is 220 Å². The molecule has 0 aromatic heterocycles. The van der Waals surface area contributed by atoms with Gasteiger partial charge in [0, 0.05) is 51.6 Å². The van der Waals surface area contributed by atoms with Crippen LogP contribution in [0.25, 0.3) is 0 Å². The number of carboxylic acids is 1. The number of nitrogens with zero attached hydrogens (tertiary/aromatic N) is 3. The number of hydrogen-bond donors (Lipinski definition) is 1. The molecule has 1 aromatic carbocycles. The molecular formula is C28H43N3O6. The lowest BCUT2D eigenvalue weighted by molar-refractivity contribution is -0.144. The van der Waals surface area contributed by atoms with Gasteiger partial charge >= 0.3 is 5.97 Å². The Bertz CT molecular complexity index is 930. The largest absolute Gasteiger partial charge is 0.481 e. The molecule has 3 rings (SSSR count). The van der Waals surface area contributed by atoms with Crippen LogP contribution in [0.3, 0.4) is 0 Å². The van der Waals surface area contributed by atoms with Gasteiger partial charge in [0.2, 0.25) is 18.6 Å². The highest BCUT2D eigenvalue weighted by atomic mass is 16.7. The summed E-state index contributed by atoms with van der Waals surface area (Å²) >= 11 is 0. The van der Waals surface area contributed by atoms with Crippen LogP contribution in [0.2, 0.25) is 0 Å². The quantitative estimate of drug-likeness (QED) is 0.403. The predicted octanol–water partition coefficient (Wildman–Crippen LogP) is 3.57. The first kappa shape index (κ1) is 28.8. The molecule has 0 saturated carbocycles. The molecule has 0 spiro atoms. The lowest BCUT2D eigenvalue weighted by Gasteiger charge is -2.31. The highest BCUT2D eigenvalue weighted by Gasteiger charge is 2.47. The number of carbonyl (C=O) groups is 3. The molecule has 206 valence electrons. The molecule has 37 heavy (non-hydrogen) atoms. The highest BCUT2D eigenvalue weighted by Crippen LogP contribution is 2.42. The number of carboxylic acid groups (broad SMARTS) is 1. The number of benzene rings is 1. The fourth-order valence-corrected chi connectivity index (χ4v) is 5.49. The lowest BCUT2D eigenvalue weighted by Crippen LogP contribution is -2.46. The SMILES string of the molecule is CCCCN(CCCC)C(=O)CN1C[C@H](c2ccc3c(c2)OCO3)[C@@H](C(=O)O)[C@@H]1CCN(CC)C(C)=O. The Hall–Kier alpha value is -2.81. The van der Waals surface area contributed by atoms with Crippen molar-refractivity contribution in [1.82, 2.24) is 14.7 Å². The van der Waals surface area contributed by atoms with Crippen molar-refractivity contribution >= 4 is 17.8 Å². The van der Waals surface area contributed by atoms with Gasteiger partial charge in [-0.2, -0.15) is 0 Å². The number of hydrogen-bond acceptors (Lipinski definition) is 6. The number of amides is 2. The summed E-state index contributed by atoms with van der Waals surface area (Å²) in [4.78, 5) is 43.9. The summed E-state index contributed by atoms with van der Waals surface area (Å²) in [5.41, 5.74) is 0.865. The predicted molar refractivity (Wildman–Crippen MR) is 141 cm³/mol. The normalized spacial score (nSPS) is 20.7. The van der Waals surface area contributed by atoms with Crippen molar-refractivity contribution in [2.75, 3.05) is 46.1 Å². The van der Waals surface area contributed by atoms with Crippen molar-refractivity contribution in [1.29, 1.82) is 0 Å². The molecule has 1 saturated heterocycles. The first-order chi connectivity index (χ1) is 17.8. The van der Waals surface area contributed by atoms with E-state index in [2.05, 4.69) is 13.8 Å². The summed E-state index contributed by atoms with van der Waals surface area (Å²) < 4.78 is 11.0. The summed E-state index contributed by atoms with van der Waals surface area (Å²) in [5.74, 6) is -0.627. The Morgan fingerprint density at radius 1 is 1.00 bits per heavy atom. The average Bonchev–Trinajstić information content (AvgIpc) is 3.48. The third kappa shape index (κ3) is 7.15. The molecule has 1 fully saturated rings. The number of aliphatic carboxylic acids is 1. The molecule has 9 nitrogen and oxygen atoms in total. The van der Waals surface area contributed by atoms with Crippen LogP contribution in [0.4, 0.5) is 0 Å². The maximum Gasteiger partial charge on any atom is 0.308 e. The van der Waals surface area contributed by atoms with Crippen molar-refractivity contribution < 1.29 is 29.0 Å². The van der Waals surface area contributed by atoms with Crippen LogP contribution < -0.4 is 9.47 Å². The van der Waals surface area contributed by atoms with Gasteiger partial charge in [-0.15, -0.1) is 0 Å². The first-order valence-electron chi connectivity index (χ1n) is 13.7. The van der Waals surface area contributed by atoms with Gasteiger partial charge in [-0.3, -0.25) is 19.3 Å². The fourth-order valence-electron chi connectivity index (χ4n) is 5.49. The van der Waals surface area contributed by atoms with E-state index in [0.717, 1.165) is 44.3 Å². The van der Waals surface area contributed by atoms with E-state index in [1.165, 1.54) is 6.92 Å². The number of ether oxygens (including phenoxy) is 2. The molecule has 1 N–H and O–H groups in total. The van der Waals surface area contributed by atoms with Crippen LogP contribution >= 0.6 is 0 Å². The minimum absolute atomic E-state index is 0.0346. The number of carbonyl (C=O) groups excluding carboxylic acids is 2. The zero-order chi connectivity index (χ0) is 26.9. The van der Waals surface area contributed by atoms with Crippen LogP contribution in [0.1, 0.15) is 71.3 Å². The van der Waals surface area contributed by atoms with Gasteiger partial charge in [-0.1, -0.05) is 32.8 Å². The minimum atomic E-state index is -0.887. The van der Waals surface area contributed by atoms with E-state index in [4.69, 9.17) is 9.47 Å². The van der Waals surface area contributed by atoms with Gasteiger partial charge in [-0.25, -0.2) is 0 Å². The number of fused-ring (bicyclic) bond motifs is 1. The van der Waals surface area contributed by atoms with Gasteiger partial charge in [0.15, 0.2) is 11.5 Å². The molecule has 0 aliphatic carbocycles. The summed E-state index contributed by atoms with van der Waals surface area (Å²) in [5, 5.41) is 10.4. The Balaban J connectivity index is 1.88. The number of rotatable bonds is 14. The minimum Gasteiger partial charge on any atom is -0.481 e. The Morgan fingerprint density at radius 3 is 2.27 bits per heavy atom. The van der Waals surface area contributed by atoms with Crippen LogP contribution in [-0.2, 0) is 14.4 Å². The van der Waals surface area contributed by atoms with E-state index in [1.807, 2.05) is 34.9 Å². The second kappa shape index (κ2) is 13.7. The molecular weight excluding hydrogens is 474 g/mol. The zero-order valence-corrected chi connectivity index (χ0v) is 22.8. The van der Waals surface area contributed by atoms with Crippen LogP contribution in [0, 0.1) is 5.92 Å². The third-order valence-electron chi connectivity index (χ3n) is 7.63. The third-order valence-corrected chi connectivity index (χ3v) is 7.63. The van der Waals surface area contributed by atoms with Crippen LogP contribution in [0.15, 0.2) is 18.2 Å². The van der Waals surface area contributed by atoms with E-state index in [-0.39, 0.29) is 37.1 Å². The van der Waals surface area contributed by atoms with Crippen molar-refractivity contribution in [2.24, 2.45) is 5.92 Å². The molecule has 2 aliphatic heterocycles. The number of likely N-dealkylation sites (tertiary alicyclic amines) is 1. The zero-order valence-electron chi connectivity index (χ0n) is 22.8. The van der Waals surface area contributed by atoms with E-state index in [9.17, 15) is 19.5 Å². The van der Waals surface area contributed by atoms with E-state index >= 15 is 0 Å². The standard InChI is InChI=1S/C28H43N3O6/c1-5-8-13-30(14-9-6-2)26(33)18-31-17-22(21-10-11-24-25(16-21)37-19-36-24)27(28(34)35)23(31)12-15-29(7-3)20(4)32/h10-11,16,22-23,27H,5-9,12-15,17-19H2,1-4H3,(H,34,35)/t22-,23+,27-/m1/s1. The Kier molecular flexibility index (Phi) is 10.6. The van der Waals surface area contributed by atoms with E-state index in [0.29, 0.717) is 37.6 Å². The molecule has 9 heteroatoms. The monoisotopic (exact) mass is 517 g/mol. The fraction of sp³-hybridized carbons (Fsp3) is 0.679. The van der Waals surface area contributed by atoms with Gasteiger partial charge in [0.25, 0.3) is 0 Å². The van der Waals surface area contributed by atoms with Gasteiger partial charge < -0.3 is 24.4 Å². The molecule has 0 bridgehead atoms. The summed E-state index contributed by atoms with van der Waals surface area (Å²) in [6.07, 6.45) is 4.39. The molecule has 1 aromatic rings. The van der Waals surface area contributed by atoms with Crippen LogP contribution in [0.5, 0.6) is 11.5 Å². The molecule has 0 radical (unpaired) electrons. The second-order valence-corrected chi connectivity index (χ2v) is 10.1. The molecule has 3 atom stereocenters. The summed E-state index contributed by atoms with van der Waals surface area (Å²) in [7, 11) is 0. The van der Waals surface area contributed by atoms with Gasteiger partial charge in [0.05, 0.1) is 12.5 Å². The van der Waals surface area contributed by atoms with Gasteiger partial charge in [-0.05, 0) is 43.9 Å². The van der Waals surface area contributed by atoms with Crippen molar-refractivity contribution in [3.05, 3.63) is 23.8 Å². The van der Waals surface area contributed by atoms with Crippen molar-refractivity contribution in [3.8, 4) is 11.5 Å². The average molecular weight is 518 g/mol. The van der Waals surface area contributed by atoms with E-state index in [1.54, 1.807) is 4.90 Å². The first-order valence-corrected chi connectivity index (χ1v) is 13.7. The molecule has 0 unspecified atom stereocenters. The Morgan fingerprint density at radius 2 is 1.68 bits per heavy atom. The van der Waals surface area contributed by atoms with Crippen LogP contribution in [-0.4, -0.2) is 89.7 Å². The maximum atomic E-state index is 13.5. The maximum absolute atomic E-state index is 13.5. The van der Waals surface area contributed by atoms with Crippen molar-refractivity contribution in [2.45, 2.75) is 71.8 Å². The highest BCUT2D eigenvalue weighted by molar-refractivity contribution is 5.79. The lowest BCUT2D eigenvalue weighted by atomic mass is 9.84. The second-order valence-electron chi connectivity index (χ2n) is 10.1. The molecule has 2 aliphatic rings. The number of unbranched alkanes of at least 4 members (excludes halogenated alkanes) is 2. The van der Waals surface area contributed by atoms with Crippen molar-refractivity contribution in [3.63, 3.8) is 0 Å². The topological polar surface area (TPSA) is 99.6 Å². The molecule has 2 heterocycles. The summed E-state index contributed by atoms with van der Waals surface area (Å²) in [6, 6.07) is 5.22.